The summed E-state index contributed by atoms with van der Waals surface area (Å²) in [7, 11) is 0. The Bertz CT molecular complexity index is 799. The molecule has 4 heteroatoms. The number of benzene rings is 2. The smallest absolute Gasteiger partial charge is 0.227 e. The first kappa shape index (κ1) is 12.7. The van der Waals surface area contributed by atoms with E-state index in [2.05, 4.69) is 11.1 Å². The molecule has 2 aromatic carbocycles. The van der Waals surface area contributed by atoms with Crippen molar-refractivity contribution in [3.8, 4) is 17.5 Å². The quantitative estimate of drug-likeness (QED) is 0.680. The molecule has 0 aliphatic rings. The van der Waals surface area contributed by atoms with Gasteiger partial charge in [-0.2, -0.15) is 5.26 Å². The average Bonchev–Trinajstić information content (AvgIpc) is 2.90. The van der Waals surface area contributed by atoms with E-state index in [1.807, 2.05) is 37.3 Å². The number of hydrogen-bond acceptors (Lipinski definition) is 3. The van der Waals surface area contributed by atoms with Gasteiger partial charge in [-0.05, 0) is 48.9 Å². The predicted molar refractivity (Wildman–Crippen MR) is 78.5 cm³/mol. The minimum absolute atomic E-state index is 0.157. The Kier molecular flexibility index (Phi) is 3.17. The van der Waals surface area contributed by atoms with Crippen molar-refractivity contribution in [2.45, 2.75) is 12.8 Å². The van der Waals surface area contributed by atoms with Gasteiger partial charge in [-0.1, -0.05) is 17.7 Å². The molecule has 0 saturated carbocycles. The van der Waals surface area contributed by atoms with Crippen LogP contribution in [0.1, 0.15) is 18.4 Å². The molecule has 0 aliphatic heterocycles. The zero-order chi connectivity index (χ0) is 14.1. The lowest BCUT2D eigenvalue weighted by Gasteiger charge is -2.00. The molecule has 0 spiro atoms. The second-order valence-corrected chi connectivity index (χ2v) is 5.04. The molecule has 1 unspecified atom stereocenters. The molecule has 3 rings (SSSR count). The molecule has 3 nitrogen and oxygen atoms in total. The minimum atomic E-state index is -0.157. The maximum absolute atomic E-state index is 8.96. The van der Waals surface area contributed by atoms with E-state index < -0.39 is 0 Å². The van der Waals surface area contributed by atoms with Crippen LogP contribution in [0.3, 0.4) is 0 Å². The molecule has 0 N–H and O–H groups in total. The van der Waals surface area contributed by atoms with Crippen LogP contribution in [-0.2, 0) is 0 Å². The maximum atomic E-state index is 8.96. The Morgan fingerprint density at radius 3 is 2.65 bits per heavy atom. The Morgan fingerprint density at radius 1 is 1.20 bits per heavy atom. The van der Waals surface area contributed by atoms with Gasteiger partial charge in [0.1, 0.15) is 5.52 Å². The van der Waals surface area contributed by atoms with E-state index in [1.54, 1.807) is 12.1 Å². The van der Waals surface area contributed by atoms with E-state index in [4.69, 9.17) is 21.3 Å². The van der Waals surface area contributed by atoms with Gasteiger partial charge in [0, 0.05) is 10.6 Å². The van der Waals surface area contributed by atoms with Crippen LogP contribution in [0.15, 0.2) is 46.9 Å². The first-order valence-electron chi connectivity index (χ1n) is 6.23. The topological polar surface area (TPSA) is 49.8 Å². The highest BCUT2D eigenvalue weighted by molar-refractivity contribution is 6.30. The minimum Gasteiger partial charge on any atom is -0.436 e. The van der Waals surface area contributed by atoms with Crippen molar-refractivity contribution in [3.05, 3.63) is 53.1 Å². The van der Waals surface area contributed by atoms with Gasteiger partial charge < -0.3 is 4.42 Å². The molecule has 0 fully saturated rings. The fourth-order valence-electron chi connectivity index (χ4n) is 2.00. The molecule has 0 amide bonds. The second kappa shape index (κ2) is 4.99. The molecule has 0 saturated heterocycles. The first-order chi connectivity index (χ1) is 9.67. The lowest BCUT2D eigenvalue weighted by atomic mass is 10.0. The summed E-state index contributed by atoms with van der Waals surface area (Å²) in [6, 6.07) is 15.2. The third-order valence-corrected chi connectivity index (χ3v) is 3.45. The summed E-state index contributed by atoms with van der Waals surface area (Å²) >= 11 is 5.87. The summed E-state index contributed by atoms with van der Waals surface area (Å²) in [4.78, 5) is 4.47. The van der Waals surface area contributed by atoms with Gasteiger partial charge in [0.25, 0.3) is 0 Å². The molecule has 1 aromatic heterocycles. The lowest BCUT2D eigenvalue weighted by Crippen LogP contribution is -1.88. The van der Waals surface area contributed by atoms with Crippen molar-refractivity contribution in [3.63, 3.8) is 0 Å². The number of nitriles is 1. The normalized spacial score (nSPS) is 12.2. The summed E-state index contributed by atoms with van der Waals surface area (Å²) in [5.41, 5.74) is 3.29. The summed E-state index contributed by atoms with van der Waals surface area (Å²) in [6.45, 7) is 1.86. The van der Waals surface area contributed by atoms with Gasteiger partial charge >= 0.3 is 0 Å². The van der Waals surface area contributed by atoms with Crippen LogP contribution in [0, 0.1) is 11.3 Å². The highest BCUT2D eigenvalue weighted by Crippen LogP contribution is 2.27. The zero-order valence-corrected chi connectivity index (χ0v) is 11.6. The molecule has 0 radical (unpaired) electrons. The predicted octanol–water partition coefficient (Wildman–Crippen LogP) is 4.78. The standard InChI is InChI=1S/C16H11ClN2O/c1-10(9-18)12-4-7-15-14(8-12)19-16(20-15)11-2-5-13(17)6-3-11/h2-8,10H,1H3. The Labute approximate surface area is 121 Å². The maximum Gasteiger partial charge on any atom is 0.227 e. The van der Waals surface area contributed by atoms with Crippen molar-refractivity contribution in [1.82, 2.24) is 4.98 Å². The molecule has 1 heterocycles. The lowest BCUT2D eigenvalue weighted by molar-refractivity contribution is 0.620. The van der Waals surface area contributed by atoms with Gasteiger partial charge in [-0.15, -0.1) is 0 Å². The summed E-state index contributed by atoms with van der Waals surface area (Å²) in [5.74, 6) is 0.397. The van der Waals surface area contributed by atoms with Gasteiger partial charge in [0.15, 0.2) is 5.58 Å². The van der Waals surface area contributed by atoms with Crippen molar-refractivity contribution in [1.29, 1.82) is 5.26 Å². The fraction of sp³-hybridized carbons (Fsp3) is 0.125. The van der Waals surface area contributed by atoms with Crippen LogP contribution in [-0.4, -0.2) is 4.98 Å². The van der Waals surface area contributed by atoms with Crippen molar-refractivity contribution in [2.24, 2.45) is 0 Å². The Hall–Kier alpha value is -2.31. The van der Waals surface area contributed by atoms with E-state index in [1.165, 1.54) is 0 Å². The highest BCUT2D eigenvalue weighted by Gasteiger charge is 2.11. The van der Waals surface area contributed by atoms with Crippen LogP contribution in [0.4, 0.5) is 0 Å². The Balaban J connectivity index is 2.07. The van der Waals surface area contributed by atoms with E-state index in [0.717, 1.165) is 16.6 Å². The van der Waals surface area contributed by atoms with Crippen LogP contribution in [0.2, 0.25) is 5.02 Å². The Morgan fingerprint density at radius 2 is 1.95 bits per heavy atom. The monoisotopic (exact) mass is 282 g/mol. The average molecular weight is 283 g/mol. The molecular formula is C16H11ClN2O. The summed E-state index contributed by atoms with van der Waals surface area (Å²) in [5, 5.41) is 9.64. The van der Waals surface area contributed by atoms with E-state index in [0.29, 0.717) is 16.5 Å². The summed E-state index contributed by atoms with van der Waals surface area (Å²) in [6.07, 6.45) is 0. The fourth-order valence-corrected chi connectivity index (χ4v) is 2.13. The largest absolute Gasteiger partial charge is 0.436 e. The highest BCUT2D eigenvalue weighted by atomic mass is 35.5. The molecule has 0 bridgehead atoms. The number of oxazole rings is 1. The first-order valence-corrected chi connectivity index (χ1v) is 6.61. The van der Waals surface area contributed by atoms with Gasteiger partial charge in [-0.25, -0.2) is 4.98 Å². The van der Waals surface area contributed by atoms with Crippen molar-refractivity contribution >= 4 is 22.7 Å². The van der Waals surface area contributed by atoms with Gasteiger partial charge in [0.2, 0.25) is 5.89 Å². The zero-order valence-electron chi connectivity index (χ0n) is 10.8. The third-order valence-electron chi connectivity index (χ3n) is 3.20. The van der Waals surface area contributed by atoms with E-state index in [-0.39, 0.29) is 5.92 Å². The third kappa shape index (κ3) is 2.26. The number of fused-ring (bicyclic) bond motifs is 1. The number of aromatic nitrogens is 1. The van der Waals surface area contributed by atoms with E-state index >= 15 is 0 Å². The number of rotatable bonds is 2. The molecule has 20 heavy (non-hydrogen) atoms. The number of hydrogen-bond donors (Lipinski definition) is 0. The van der Waals surface area contributed by atoms with E-state index in [9.17, 15) is 0 Å². The van der Waals surface area contributed by atoms with Crippen molar-refractivity contribution < 1.29 is 4.42 Å². The molecule has 1 atom stereocenters. The SMILES string of the molecule is CC(C#N)c1ccc2oc(-c3ccc(Cl)cc3)nc2c1. The van der Waals surface area contributed by atoms with Crippen LogP contribution in [0.25, 0.3) is 22.6 Å². The van der Waals surface area contributed by atoms with Crippen LogP contribution in [0.5, 0.6) is 0 Å². The molecule has 3 aromatic rings. The van der Waals surface area contributed by atoms with Crippen LogP contribution < -0.4 is 0 Å². The molecule has 98 valence electrons. The van der Waals surface area contributed by atoms with Gasteiger partial charge in [0.05, 0.1) is 12.0 Å². The molecule has 0 aliphatic carbocycles. The second-order valence-electron chi connectivity index (χ2n) is 4.60. The van der Waals surface area contributed by atoms with Gasteiger partial charge in [-0.3, -0.25) is 0 Å². The van der Waals surface area contributed by atoms with Crippen molar-refractivity contribution in [2.75, 3.05) is 0 Å². The summed E-state index contributed by atoms with van der Waals surface area (Å²) < 4.78 is 5.73. The number of halogens is 1. The van der Waals surface area contributed by atoms with Crippen LogP contribution >= 0.6 is 11.6 Å². The number of nitrogens with zero attached hydrogens (tertiary/aromatic N) is 2. The molecular weight excluding hydrogens is 272 g/mol.